The Hall–Kier alpha value is -1.26. The third kappa shape index (κ3) is 3.37. The van der Waals surface area contributed by atoms with Crippen molar-refractivity contribution in [3.63, 3.8) is 0 Å². The minimum Gasteiger partial charge on any atom is -0.480 e. The van der Waals surface area contributed by atoms with E-state index >= 15 is 0 Å². The Morgan fingerprint density at radius 3 is 2.61 bits per heavy atom. The second-order valence-electron chi connectivity index (χ2n) is 5.05. The maximum Gasteiger partial charge on any atom is 0.326 e. The lowest BCUT2D eigenvalue weighted by molar-refractivity contribution is -0.140. The van der Waals surface area contributed by atoms with Crippen LogP contribution in [0.15, 0.2) is 0 Å². The monoisotopic (exact) mass is 256 g/mol. The smallest absolute Gasteiger partial charge is 0.326 e. The summed E-state index contributed by atoms with van der Waals surface area (Å²) in [7, 11) is 0. The summed E-state index contributed by atoms with van der Waals surface area (Å²) in [4.78, 5) is 25.0. The average Bonchev–Trinajstić information content (AvgIpc) is 2.82. The number of carboxylic acids is 1. The molecular formula is C13H24N2O3. The van der Waals surface area contributed by atoms with E-state index in [4.69, 9.17) is 5.11 Å². The molecule has 2 N–H and O–H groups in total. The van der Waals surface area contributed by atoms with Crippen LogP contribution in [-0.2, 0) is 4.79 Å². The molecule has 0 aromatic rings. The summed E-state index contributed by atoms with van der Waals surface area (Å²) < 4.78 is 0. The molecule has 3 atom stereocenters. The molecule has 1 aliphatic rings. The van der Waals surface area contributed by atoms with Crippen molar-refractivity contribution in [3.8, 4) is 0 Å². The van der Waals surface area contributed by atoms with Gasteiger partial charge in [0.15, 0.2) is 0 Å². The van der Waals surface area contributed by atoms with Crippen LogP contribution in [-0.4, -0.2) is 40.6 Å². The molecule has 0 saturated carbocycles. The lowest BCUT2D eigenvalue weighted by atomic mass is 9.99. The molecule has 0 spiro atoms. The van der Waals surface area contributed by atoms with Gasteiger partial charge in [-0.1, -0.05) is 27.2 Å². The Labute approximate surface area is 109 Å². The van der Waals surface area contributed by atoms with Gasteiger partial charge < -0.3 is 15.3 Å². The molecule has 1 fully saturated rings. The van der Waals surface area contributed by atoms with Gasteiger partial charge >= 0.3 is 12.0 Å². The second kappa shape index (κ2) is 6.61. The number of rotatable bonds is 5. The van der Waals surface area contributed by atoms with E-state index in [1.165, 1.54) is 0 Å². The van der Waals surface area contributed by atoms with Gasteiger partial charge in [0.2, 0.25) is 0 Å². The van der Waals surface area contributed by atoms with Crippen molar-refractivity contribution in [2.75, 3.05) is 6.54 Å². The number of likely N-dealkylation sites (tertiary alicyclic amines) is 1. The normalized spacial score (nSPS) is 22.6. The van der Waals surface area contributed by atoms with E-state index in [0.717, 1.165) is 32.2 Å². The molecule has 1 aliphatic heterocycles. The number of nitrogens with zero attached hydrogens (tertiary/aromatic N) is 1. The minimum atomic E-state index is -0.954. The Morgan fingerprint density at radius 2 is 2.11 bits per heavy atom. The van der Waals surface area contributed by atoms with Crippen LogP contribution >= 0.6 is 0 Å². The van der Waals surface area contributed by atoms with Gasteiger partial charge in [-0.05, 0) is 25.2 Å². The Balaban J connectivity index is 2.63. The molecule has 5 nitrogen and oxygen atoms in total. The minimum absolute atomic E-state index is 0.0610. The highest BCUT2D eigenvalue weighted by Crippen LogP contribution is 2.20. The van der Waals surface area contributed by atoms with Gasteiger partial charge in [0.25, 0.3) is 0 Å². The third-order valence-electron chi connectivity index (χ3n) is 3.87. The molecule has 0 bridgehead atoms. The van der Waals surface area contributed by atoms with Crippen molar-refractivity contribution in [3.05, 3.63) is 0 Å². The zero-order chi connectivity index (χ0) is 13.7. The summed E-state index contributed by atoms with van der Waals surface area (Å²) in [5.41, 5.74) is 0. The average molecular weight is 256 g/mol. The topological polar surface area (TPSA) is 69.6 Å². The molecule has 1 rings (SSSR count). The van der Waals surface area contributed by atoms with Gasteiger partial charge in [-0.25, -0.2) is 9.59 Å². The summed E-state index contributed by atoms with van der Waals surface area (Å²) in [5, 5.41) is 11.8. The molecule has 2 unspecified atom stereocenters. The van der Waals surface area contributed by atoms with Gasteiger partial charge in [-0.3, -0.25) is 0 Å². The van der Waals surface area contributed by atoms with E-state index < -0.39 is 12.0 Å². The van der Waals surface area contributed by atoms with E-state index in [1.807, 2.05) is 13.8 Å². The Morgan fingerprint density at radius 1 is 1.44 bits per heavy atom. The van der Waals surface area contributed by atoms with Crippen LogP contribution in [0.4, 0.5) is 4.79 Å². The van der Waals surface area contributed by atoms with Gasteiger partial charge in [0.1, 0.15) is 6.04 Å². The molecule has 0 radical (unpaired) electrons. The van der Waals surface area contributed by atoms with E-state index in [1.54, 1.807) is 4.90 Å². The highest BCUT2D eigenvalue weighted by Gasteiger charge is 2.31. The van der Waals surface area contributed by atoms with Crippen LogP contribution in [0, 0.1) is 5.92 Å². The number of carboxylic acid groups (broad SMARTS) is 1. The van der Waals surface area contributed by atoms with Crippen molar-refractivity contribution in [2.24, 2.45) is 5.92 Å². The molecule has 0 aromatic heterocycles. The van der Waals surface area contributed by atoms with Crippen LogP contribution < -0.4 is 5.32 Å². The molecule has 1 saturated heterocycles. The first kappa shape index (κ1) is 14.8. The number of nitrogens with one attached hydrogen (secondary N) is 1. The summed E-state index contributed by atoms with van der Waals surface area (Å²) in [6.07, 6.45) is 3.68. The number of hydrogen-bond donors (Lipinski definition) is 2. The summed E-state index contributed by atoms with van der Waals surface area (Å²) >= 11 is 0. The largest absolute Gasteiger partial charge is 0.480 e. The van der Waals surface area contributed by atoms with Crippen LogP contribution in [0.2, 0.25) is 0 Å². The van der Waals surface area contributed by atoms with E-state index in [9.17, 15) is 9.59 Å². The molecule has 1 heterocycles. The maximum absolute atomic E-state index is 12.1. The summed E-state index contributed by atoms with van der Waals surface area (Å²) in [6, 6.07) is -0.760. The van der Waals surface area contributed by atoms with Crippen molar-refractivity contribution >= 4 is 12.0 Å². The number of aliphatic carboxylic acids is 1. The third-order valence-corrected chi connectivity index (χ3v) is 3.87. The van der Waals surface area contributed by atoms with Crippen molar-refractivity contribution < 1.29 is 14.7 Å². The molecular weight excluding hydrogens is 232 g/mol. The Bertz CT molecular complexity index is 307. The van der Waals surface area contributed by atoms with E-state index in [-0.39, 0.29) is 18.0 Å². The van der Waals surface area contributed by atoms with Gasteiger partial charge in [-0.15, -0.1) is 0 Å². The van der Waals surface area contributed by atoms with Crippen molar-refractivity contribution in [2.45, 2.75) is 58.5 Å². The molecule has 18 heavy (non-hydrogen) atoms. The molecule has 5 heteroatoms. The van der Waals surface area contributed by atoms with Gasteiger partial charge in [0, 0.05) is 12.6 Å². The van der Waals surface area contributed by atoms with Crippen LogP contribution in [0.1, 0.15) is 46.5 Å². The molecule has 0 aliphatic carbocycles. The first-order valence-corrected chi connectivity index (χ1v) is 6.81. The first-order valence-electron chi connectivity index (χ1n) is 6.81. The van der Waals surface area contributed by atoms with Gasteiger partial charge in [0.05, 0.1) is 0 Å². The lowest BCUT2D eigenvalue weighted by Gasteiger charge is -2.27. The highest BCUT2D eigenvalue weighted by atomic mass is 16.4. The SMILES string of the molecule is CCC(C)[C@H](NC(=O)N1CCCC1CC)C(=O)O. The van der Waals surface area contributed by atoms with E-state index in [0.29, 0.717) is 0 Å². The fourth-order valence-electron chi connectivity index (χ4n) is 2.43. The first-order chi connectivity index (χ1) is 8.51. The predicted octanol–water partition coefficient (Wildman–Crippen LogP) is 2.07. The zero-order valence-corrected chi connectivity index (χ0v) is 11.5. The zero-order valence-electron chi connectivity index (χ0n) is 11.5. The van der Waals surface area contributed by atoms with E-state index in [2.05, 4.69) is 12.2 Å². The van der Waals surface area contributed by atoms with Gasteiger partial charge in [-0.2, -0.15) is 0 Å². The number of amides is 2. The molecule has 2 amide bonds. The number of carbonyl (C=O) groups is 2. The molecule has 0 aromatic carbocycles. The van der Waals surface area contributed by atoms with Crippen molar-refractivity contribution in [1.82, 2.24) is 10.2 Å². The summed E-state index contributed by atoms with van der Waals surface area (Å²) in [6.45, 7) is 6.56. The lowest BCUT2D eigenvalue weighted by Crippen LogP contribution is -2.51. The van der Waals surface area contributed by atoms with Crippen LogP contribution in [0.5, 0.6) is 0 Å². The number of urea groups is 1. The quantitative estimate of drug-likeness (QED) is 0.791. The standard InChI is InChI=1S/C13H24N2O3/c1-4-9(3)11(12(16)17)14-13(18)15-8-6-7-10(15)5-2/h9-11H,4-8H2,1-3H3,(H,14,18)(H,16,17)/t9?,10?,11-/m0/s1. The maximum atomic E-state index is 12.1. The molecule has 104 valence electrons. The van der Waals surface area contributed by atoms with Crippen LogP contribution in [0.25, 0.3) is 0 Å². The Kier molecular flexibility index (Phi) is 5.44. The second-order valence-corrected chi connectivity index (χ2v) is 5.05. The van der Waals surface area contributed by atoms with Crippen molar-refractivity contribution in [1.29, 1.82) is 0 Å². The fraction of sp³-hybridized carbons (Fsp3) is 0.846. The summed E-state index contributed by atoms with van der Waals surface area (Å²) in [5.74, 6) is -1.01. The fourth-order valence-corrected chi connectivity index (χ4v) is 2.43. The highest BCUT2D eigenvalue weighted by molar-refractivity contribution is 5.83. The number of carbonyl (C=O) groups excluding carboxylic acids is 1. The number of hydrogen-bond acceptors (Lipinski definition) is 2. The predicted molar refractivity (Wildman–Crippen MR) is 69.4 cm³/mol. The van der Waals surface area contributed by atoms with Crippen LogP contribution in [0.3, 0.4) is 0 Å².